The van der Waals surface area contributed by atoms with Crippen LogP contribution in [0.3, 0.4) is 0 Å². The molecule has 20 heavy (non-hydrogen) atoms. The molecule has 1 saturated heterocycles. The maximum Gasteiger partial charge on any atom is 0.170 e. The van der Waals surface area contributed by atoms with Crippen molar-refractivity contribution in [3.8, 4) is 0 Å². The van der Waals surface area contributed by atoms with Gasteiger partial charge in [0, 0.05) is 24.3 Å². The zero-order chi connectivity index (χ0) is 14.7. The predicted molar refractivity (Wildman–Crippen MR) is 80.3 cm³/mol. The highest BCUT2D eigenvalue weighted by atomic mass is 16.4. The SMILES string of the molecule is Cc1cc(N2CCC(C(C)O)CC2)ccc1/C(N)=N/O. The lowest BCUT2D eigenvalue weighted by atomic mass is 9.92. The summed E-state index contributed by atoms with van der Waals surface area (Å²) >= 11 is 0. The van der Waals surface area contributed by atoms with Gasteiger partial charge in [-0.05, 0) is 56.4 Å². The van der Waals surface area contributed by atoms with E-state index in [2.05, 4.69) is 16.1 Å². The lowest BCUT2D eigenvalue weighted by Crippen LogP contribution is -2.37. The molecule has 1 atom stereocenters. The van der Waals surface area contributed by atoms with Crippen LogP contribution in [0.2, 0.25) is 0 Å². The number of aliphatic hydroxyl groups is 1. The molecule has 110 valence electrons. The van der Waals surface area contributed by atoms with Gasteiger partial charge in [-0.3, -0.25) is 0 Å². The topological polar surface area (TPSA) is 82.1 Å². The van der Waals surface area contributed by atoms with Crippen molar-refractivity contribution < 1.29 is 10.3 Å². The smallest absolute Gasteiger partial charge is 0.170 e. The molecule has 1 unspecified atom stereocenters. The number of amidine groups is 1. The average molecular weight is 277 g/mol. The number of piperidine rings is 1. The van der Waals surface area contributed by atoms with E-state index in [0.717, 1.165) is 42.7 Å². The fourth-order valence-corrected chi connectivity index (χ4v) is 2.83. The molecule has 0 aliphatic carbocycles. The molecule has 0 amide bonds. The summed E-state index contributed by atoms with van der Waals surface area (Å²) in [6.45, 7) is 5.74. The molecular formula is C15H23N3O2. The molecule has 0 bridgehead atoms. The highest BCUT2D eigenvalue weighted by Crippen LogP contribution is 2.26. The van der Waals surface area contributed by atoms with Crippen LogP contribution < -0.4 is 10.6 Å². The van der Waals surface area contributed by atoms with Gasteiger partial charge < -0.3 is 20.9 Å². The number of rotatable bonds is 3. The Morgan fingerprint density at radius 3 is 2.55 bits per heavy atom. The summed E-state index contributed by atoms with van der Waals surface area (Å²) in [5.74, 6) is 0.547. The van der Waals surface area contributed by atoms with Crippen molar-refractivity contribution in [2.45, 2.75) is 32.8 Å². The van der Waals surface area contributed by atoms with E-state index < -0.39 is 0 Å². The van der Waals surface area contributed by atoms with E-state index in [-0.39, 0.29) is 11.9 Å². The molecule has 1 aromatic rings. The van der Waals surface area contributed by atoms with E-state index >= 15 is 0 Å². The van der Waals surface area contributed by atoms with Gasteiger partial charge in [0.15, 0.2) is 5.84 Å². The van der Waals surface area contributed by atoms with E-state index in [9.17, 15) is 5.11 Å². The van der Waals surface area contributed by atoms with Gasteiger partial charge in [-0.2, -0.15) is 0 Å². The zero-order valence-electron chi connectivity index (χ0n) is 12.1. The molecule has 1 fully saturated rings. The highest BCUT2D eigenvalue weighted by Gasteiger charge is 2.23. The normalized spacial score (nSPS) is 19.1. The van der Waals surface area contributed by atoms with Crippen molar-refractivity contribution in [1.29, 1.82) is 0 Å². The Morgan fingerprint density at radius 2 is 2.05 bits per heavy atom. The monoisotopic (exact) mass is 277 g/mol. The Kier molecular flexibility index (Phi) is 4.49. The number of hydrogen-bond donors (Lipinski definition) is 3. The van der Waals surface area contributed by atoms with E-state index in [4.69, 9.17) is 10.9 Å². The maximum absolute atomic E-state index is 9.63. The zero-order valence-corrected chi connectivity index (χ0v) is 12.1. The van der Waals surface area contributed by atoms with Gasteiger partial charge in [0.25, 0.3) is 0 Å². The number of anilines is 1. The fraction of sp³-hybridized carbons (Fsp3) is 0.533. The lowest BCUT2D eigenvalue weighted by Gasteiger charge is -2.35. The third kappa shape index (κ3) is 3.04. The van der Waals surface area contributed by atoms with Gasteiger partial charge in [-0.1, -0.05) is 5.16 Å². The fourth-order valence-electron chi connectivity index (χ4n) is 2.83. The number of aryl methyl sites for hydroxylation is 1. The summed E-state index contributed by atoms with van der Waals surface area (Å²) in [7, 11) is 0. The van der Waals surface area contributed by atoms with Crippen molar-refractivity contribution in [3.05, 3.63) is 29.3 Å². The van der Waals surface area contributed by atoms with Crippen LogP contribution in [0.4, 0.5) is 5.69 Å². The first-order valence-electron chi connectivity index (χ1n) is 7.04. The molecule has 5 heteroatoms. The summed E-state index contributed by atoms with van der Waals surface area (Å²) < 4.78 is 0. The second-order valence-electron chi connectivity index (χ2n) is 5.55. The van der Waals surface area contributed by atoms with Gasteiger partial charge in [0.2, 0.25) is 0 Å². The second-order valence-corrected chi connectivity index (χ2v) is 5.55. The van der Waals surface area contributed by atoms with E-state index in [0.29, 0.717) is 5.92 Å². The van der Waals surface area contributed by atoms with Crippen LogP contribution in [0, 0.1) is 12.8 Å². The minimum atomic E-state index is -0.221. The standard InChI is InChI=1S/C15H23N3O2/c1-10-9-13(3-4-14(10)15(16)17-20)18-7-5-12(6-8-18)11(2)19/h3-4,9,11-12,19-20H,5-8H2,1-2H3,(H2,16,17). The largest absolute Gasteiger partial charge is 0.409 e. The van der Waals surface area contributed by atoms with Gasteiger partial charge in [0.05, 0.1) is 6.10 Å². The molecule has 1 aliphatic heterocycles. The third-order valence-electron chi connectivity index (χ3n) is 4.18. The van der Waals surface area contributed by atoms with Crippen LogP contribution in [0.15, 0.2) is 23.4 Å². The molecule has 1 aliphatic rings. The van der Waals surface area contributed by atoms with Gasteiger partial charge in [0.1, 0.15) is 0 Å². The summed E-state index contributed by atoms with van der Waals surface area (Å²) in [6.07, 6.45) is 1.80. The quantitative estimate of drug-likeness (QED) is 0.340. The van der Waals surface area contributed by atoms with Crippen LogP contribution in [-0.2, 0) is 0 Å². The molecule has 0 spiro atoms. The Balaban J connectivity index is 2.10. The van der Waals surface area contributed by atoms with E-state index in [1.807, 2.05) is 26.0 Å². The molecule has 0 radical (unpaired) electrons. The van der Waals surface area contributed by atoms with Gasteiger partial charge in [-0.25, -0.2) is 0 Å². The van der Waals surface area contributed by atoms with Crippen molar-refractivity contribution in [2.24, 2.45) is 16.8 Å². The van der Waals surface area contributed by atoms with Crippen LogP contribution >= 0.6 is 0 Å². The predicted octanol–water partition coefficient (Wildman–Crippen LogP) is 1.69. The molecule has 1 aromatic carbocycles. The average Bonchev–Trinajstić information content (AvgIpc) is 2.46. The van der Waals surface area contributed by atoms with Gasteiger partial charge >= 0.3 is 0 Å². The Morgan fingerprint density at radius 1 is 1.40 bits per heavy atom. The van der Waals surface area contributed by atoms with Crippen molar-refractivity contribution in [2.75, 3.05) is 18.0 Å². The molecule has 5 nitrogen and oxygen atoms in total. The number of oxime groups is 1. The van der Waals surface area contributed by atoms with Crippen LogP contribution in [0.1, 0.15) is 30.9 Å². The maximum atomic E-state index is 9.63. The summed E-state index contributed by atoms with van der Waals surface area (Å²) in [4.78, 5) is 2.32. The summed E-state index contributed by atoms with van der Waals surface area (Å²) in [5.41, 5.74) is 8.54. The molecule has 1 heterocycles. The van der Waals surface area contributed by atoms with E-state index in [1.54, 1.807) is 0 Å². The van der Waals surface area contributed by atoms with E-state index in [1.165, 1.54) is 0 Å². The molecule has 2 rings (SSSR count). The van der Waals surface area contributed by atoms with Crippen LogP contribution in [0.25, 0.3) is 0 Å². The minimum Gasteiger partial charge on any atom is -0.409 e. The number of hydrogen-bond acceptors (Lipinski definition) is 4. The van der Waals surface area contributed by atoms with Crippen molar-refractivity contribution in [1.82, 2.24) is 0 Å². The molecular weight excluding hydrogens is 254 g/mol. The van der Waals surface area contributed by atoms with Crippen LogP contribution in [-0.4, -0.2) is 35.3 Å². The number of nitrogens with two attached hydrogens (primary N) is 1. The molecule has 0 saturated carbocycles. The highest BCUT2D eigenvalue weighted by molar-refractivity contribution is 5.98. The first kappa shape index (κ1) is 14.7. The first-order chi connectivity index (χ1) is 9.52. The Labute approximate surface area is 119 Å². The van der Waals surface area contributed by atoms with Crippen LogP contribution in [0.5, 0.6) is 0 Å². The first-order valence-corrected chi connectivity index (χ1v) is 7.04. The van der Waals surface area contributed by atoms with Crippen molar-refractivity contribution >= 4 is 11.5 Å². The summed E-state index contributed by atoms with van der Waals surface area (Å²) in [5, 5.41) is 21.4. The Hall–Kier alpha value is -1.75. The molecule has 0 aromatic heterocycles. The second kappa shape index (κ2) is 6.13. The summed E-state index contributed by atoms with van der Waals surface area (Å²) in [6, 6.07) is 5.96. The minimum absolute atomic E-state index is 0.141. The molecule has 4 N–H and O–H groups in total. The number of nitrogens with zero attached hydrogens (tertiary/aromatic N) is 2. The van der Waals surface area contributed by atoms with Crippen molar-refractivity contribution in [3.63, 3.8) is 0 Å². The third-order valence-corrected chi connectivity index (χ3v) is 4.18. The van der Waals surface area contributed by atoms with Gasteiger partial charge in [-0.15, -0.1) is 0 Å². The number of benzene rings is 1. The lowest BCUT2D eigenvalue weighted by molar-refractivity contribution is 0.110. The Bertz CT molecular complexity index is 492. The number of aliphatic hydroxyl groups excluding tert-OH is 1.